The molecule has 2 N–H and O–H groups in total. The molecular weight excluding hydrogens is 311 g/mol. The topological polar surface area (TPSA) is 63.2 Å². The predicted octanol–water partition coefficient (Wildman–Crippen LogP) is 2.56. The van der Waals surface area contributed by atoms with Crippen molar-refractivity contribution in [1.82, 2.24) is 15.6 Å². The third-order valence-corrected chi connectivity index (χ3v) is 4.07. The second kappa shape index (κ2) is 5.28. The summed E-state index contributed by atoms with van der Waals surface area (Å²) < 4.78 is 43.8. The Kier molecular flexibility index (Phi) is 3.65. The van der Waals surface area contributed by atoms with Gasteiger partial charge in [-0.25, -0.2) is 22.9 Å². The molecule has 0 saturated heterocycles. The molecule has 1 aromatic rings. The van der Waals surface area contributed by atoms with Crippen LogP contribution in [-0.4, -0.2) is 34.8 Å². The summed E-state index contributed by atoms with van der Waals surface area (Å²) in [5.74, 6) is -2.86. The summed E-state index contributed by atoms with van der Waals surface area (Å²) in [6, 6.07) is 2.77. The maximum absolute atomic E-state index is 13.4. The van der Waals surface area contributed by atoms with Crippen molar-refractivity contribution in [2.75, 3.05) is 6.61 Å². The summed E-state index contributed by atoms with van der Waals surface area (Å²) in [5.41, 5.74) is -0.770. The van der Waals surface area contributed by atoms with Crippen LogP contribution < -0.4 is 15.4 Å². The second-order valence-corrected chi connectivity index (χ2v) is 6.63. The summed E-state index contributed by atoms with van der Waals surface area (Å²) >= 11 is 0. The number of hydrogen-bond acceptors (Lipinski definition) is 3. The Morgan fingerprint density at radius 3 is 2.74 bits per heavy atom. The molecule has 3 aliphatic carbocycles. The van der Waals surface area contributed by atoms with E-state index in [4.69, 9.17) is 4.74 Å². The summed E-state index contributed by atoms with van der Waals surface area (Å²) in [5, 5.41) is 5.43. The number of alkyl halides is 3. The van der Waals surface area contributed by atoms with Gasteiger partial charge in [0.1, 0.15) is 5.67 Å². The average Bonchev–Trinajstić information content (AvgIpc) is 2.40. The lowest BCUT2D eigenvalue weighted by Gasteiger charge is -2.65. The molecular formula is C15H18F3N3O2. The molecule has 8 heteroatoms. The van der Waals surface area contributed by atoms with Gasteiger partial charge in [0.15, 0.2) is 6.61 Å². The van der Waals surface area contributed by atoms with Crippen molar-refractivity contribution >= 4 is 6.03 Å². The number of carbonyl (C=O) groups is 1. The number of nitrogens with zero attached hydrogens (tertiary/aromatic N) is 1. The minimum absolute atomic E-state index is 0.0741. The highest BCUT2D eigenvalue weighted by Crippen LogP contribution is 2.62. The van der Waals surface area contributed by atoms with Crippen LogP contribution in [0.25, 0.3) is 0 Å². The molecule has 1 heterocycles. The number of ether oxygens (including phenoxy) is 1. The number of pyridine rings is 1. The molecule has 0 aromatic carbocycles. The Hall–Kier alpha value is -1.99. The maximum atomic E-state index is 13.4. The number of rotatable bonds is 6. The average molecular weight is 329 g/mol. The highest BCUT2D eigenvalue weighted by molar-refractivity contribution is 5.75. The molecule has 1 aromatic heterocycles. The fraction of sp³-hybridized carbons (Fsp3) is 0.600. The van der Waals surface area contributed by atoms with E-state index in [1.54, 1.807) is 6.07 Å². The van der Waals surface area contributed by atoms with E-state index >= 15 is 0 Å². The summed E-state index contributed by atoms with van der Waals surface area (Å²) in [6.07, 6.45) is 2.57. The molecule has 4 rings (SSSR count). The van der Waals surface area contributed by atoms with Crippen molar-refractivity contribution in [3.05, 3.63) is 23.9 Å². The quantitative estimate of drug-likeness (QED) is 0.843. The molecule has 2 amide bonds. The van der Waals surface area contributed by atoms with Crippen LogP contribution in [0.15, 0.2) is 18.3 Å². The van der Waals surface area contributed by atoms with Gasteiger partial charge in [-0.1, -0.05) is 0 Å². The first kappa shape index (κ1) is 15.9. The fourth-order valence-corrected chi connectivity index (χ4v) is 3.10. The van der Waals surface area contributed by atoms with Crippen molar-refractivity contribution in [3.8, 4) is 5.88 Å². The lowest BCUT2D eigenvalue weighted by atomic mass is 9.47. The largest absolute Gasteiger partial charge is 0.471 e. The molecule has 5 nitrogen and oxygen atoms in total. The van der Waals surface area contributed by atoms with Crippen LogP contribution in [-0.2, 0) is 6.54 Å². The minimum atomic E-state index is -2.94. The van der Waals surface area contributed by atoms with Crippen LogP contribution in [0.3, 0.4) is 0 Å². The van der Waals surface area contributed by atoms with Crippen LogP contribution in [0.2, 0.25) is 0 Å². The van der Waals surface area contributed by atoms with E-state index in [-0.39, 0.29) is 24.0 Å². The molecule has 0 radical (unpaired) electrons. The van der Waals surface area contributed by atoms with Crippen LogP contribution in [0, 0.1) is 0 Å². The van der Waals surface area contributed by atoms with E-state index in [0.29, 0.717) is 24.8 Å². The van der Waals surface area contributed by atoms with Gasteiger partial charge in [-0.15, -0.1) is 0 Å². The standard InChI is InChI=1S/C15H18F3N3O2/c1-13(16,17)9-23-11-4-10(2-3-19-11)5-20-12(22)21-15-6-14(18,7-15)8-15/h2-4H,5-9H2,1H3,(H2,20,21,22). The monoisotopic (exact) mass is 329 g/mol. The van der Waals surface area contributed by atoms with E-state index in [1.165, 1.54) is 12.3 Å². The normalized spacial score (nSPS) is 28.3. The summed E-state index contributed by atoms with van der Waals surface area (Å²) in [7, 11) is 0. The van der Waals surface area contributed by atoms with E-state index in [9.17, 15) is 18.0 Å². The van der Waals surface area contributed by atoms with Crippen LogP contribution >= 0.6 is 0 Å². The number of amides is 2. The molecule has 0 atom stereocenters. The van der Waals surface area contributed by atoms with Gasteiger partial charge in [-0.05, 0) is 11.6 Å². The van der Waals surface area contributed by atoms with E-state index in [0.717, 1.165) is 6.92 Å². The van der Waals surface area contributed by atoms with Crippen molar-refractivity contribution in [1.29, 1.82) is 0 Å². The summed E-state index contributed by atoms with van der Waals surface area (Å²) in [4.78, 5) is 15.6. The molecule has 3 fully saturated rings. The highest BCUT2D eigenvalue weighted by Gasteiger charge is 2.69. The van der Waals surface area contributed by atoms with Crippen molar-refractivity contribution in [2.24, 2.45) is 0 Å². The first-order valence-corrected chi connectivity index (χ1v) is 7.38. The van der Waals surface area contributed by atoms with Gasteiger partial charge >= 0.3 is 6.03 Å². The van der Waals surface area contributed by atoms with Gasteiger partial charge < -0.3 is 15.4 Å². The number of hydrogen-bond donors (Lipinski definition) is 2. The molecule has 3 saturated carbocycles. The SMILES string of the molecule is CC(F)(F)COc1cc(CNC(=O)NC23CC(F)(C2)C3)ccn1. The number of urea groups is 1. The second-order valence-electron chi connectivity index (χ2n) is 6.63. The Bertz CT molecular complexity index is 598. The van der Waals surface area contributed by atoms with Crippen LogP contribution in [0.5, 0.6) is 5.88 Å². The molecule has 2 bridgehead atoms. The van der Waals surface area contributed by atoms with Crippen LogP contribution in [0.1, 0.15) is 31.7 Å². The van der Waals surface area contributed by atoms with E-state index < -0.39 is 18.2 Å². The predicted molar refractivity (Wildman–Crippen MR) is 76.1 cm³/mol. The lowest BCUT2D eigenvalue weighted by Crippen LogP contribution is -2.77. The molecule has 0 unspecified atom stereocenters. The zero-order valence-electron chi connectivity index (χ0n) is 12.7. The number of carbonyl (C=O) groups excluding carboxylic acids is 1. The van der Waals surface area contributed by atoms with Gasteiger partial charge in [0, 0.05) is 45.0 Å². The Morgan fingerprint density at radius 2 is 2.13 bits per heavy atom. The Labute approximate surface area is 131 Å². The molecule has 0 aliphatic heterocycles. The van der Waals surface area contributed by atoms with E-state index in [2.05, 4.69) is 15.6 Å². The molecule has 0 spiro atoms. The molecule has 126 valence electrons. The molecule has 23 heavy (non-hydrogen) atoms. The highest BCUT2D eigenvalue weighted by atomic mass is 19.3. The van der Waals surface area contributed by atoms with Crippen LogP contribution in [0.4, 0.5) is 18.0 Å². The smallest absolute Gasteiger partial charge is 0.315 e. The van der Waals surface area contributed by atoms with E-state index in [1.807, 2.05) is 0 Å². The van der Waals surface area contributed by atoms with Crippen molar-refractivity contribution < 1.29 is 22.7 Å². The third kappa shape index (κ3) is 3.68. The Morgan fingerprint density at radius 1 is 1.43 bits per heavy atom. The van der Waals surface area contributed by atoms with Gasteiger partial charge in [0.2, 0.25) is 5.88 Å². The zero-order chi connectivity index (χ0) is 16.7. The fourth-order valence-electron chi connectivity index (χ4n) is 3.10. The van der Waals surface area contributed by atoms with Gasteiger partial charge in [0.25, 0.3) is 5.92 Å². The minimum Gasteiger partial charge on any atom is -0.471 e. The number of aromatic nitrogens is 1. The van der Waals surface area contributed by atoms with Gasteiger partial charge in [-0.3, -0.25) is 0 Å². The Balaban J connectivity index is 1.45. The van der Waals surface area contributed by atoms with Gasteiger partial charge in [0.05, 0.1) is 5.54 Å². The first-order chi connectivity index (χ1) is 10.7. The lowest BCUT2D eigenvalue weighted by molar-refractivity contribution is -0.162. The van der Waals surface area contributed by atoms with Crippen molar-refractivity contribution in [3.63, 3.8) is 0 Å². The number of nitrogens with one attached hydrogen (secondary N) is 2. The van der Waals surface area contributed by atoms with Crippen molar-refractivity contribution in [2.45, 2.75) is 49.9 Å². The zero-order valence-corrected chi connectivity index (χ0v) is 12.7. The first-order valence-electron chi connectivity index (χ1n) is 7.38. The maximum Gasteiger partial charge on any atom is 0.315 e. The van der Waals surface area contributed by atoms with Gasteiger partial charge in [-0.2, -0.15) is 0 Å². The third-order valence-electron chi connectivity index (χ3n) is 4.07. The summed E-state index contributed by atoms with van der Waals surface area (Å²) in [6.45, 7) is 0.199. The molecule has 3 aliphatic rings. The number of halogens is 3.